The maximum atomic E-state index is 5.62. The van der Waals surface area contributed by atoms with Crippen LogP contribution in [-0.4, -0.2) is 41.8 Å². The summed E-state index contributed by atoms with van der Waals surface area (Å²) in [6.07, 6.45) is 3.73. The van der Waals surface area contributed by atoms with E-state index in [1.165, 1.54) is 0 Å². The summed E-state index contributed by atoms with van der Waals surface area (Å²) in [4.78, 5) is 10.8. The Bertz CT molecular complexity index is 345. The average molecular weight is 334 g/mol. The number of ether oxygens (including phenoxy) is 1. The summed E-state index contributed by atoms with van der Waals surface area (Å²) in [6.45, 7) is 4.08. The number of nitrogens with zero attached hydrogens (tertiary/aromatic N) is 3. The topological polar surface area (TPSA) is 64.3 Å². The normalized spacial score (nSPS) is 25.8. The first-order valence-electron chi connectivity index (χ1n) is 5.26. The molecule has 1 saturated heterocycles. The molecule has 0 bridgehead atoms. The quantitative estimate of drug-likeness (QED) is 0.804. The monoisotopic (exact) mass is 334 g/mol. The third-order valence-corrected chi connectivity index (χ3v) is 3.19. The summed E-state index contributed by atoms with van der Waals surface area (Å²) in [5.74, 6) is 0.759. The third kappa shape index (κ3) is 2.61. The Morgan fingerprint density at radius 3 is 2.88 bits per heavy atom. The van der Waals surface area contributed by atoms with E-state index in [-0.39, 0.29) is 6.10 Å². The lowest BCUT2D eigenvalue weighted by Gasteiger charge is -2.37. The second-order valence-electron chi connectivity index (χ2n) is 3.89. The molecule has 2 heterocycles. The van der Waals surface area contributed by atoms with E-state index in [0.717, 1.165) is 16.1 Å². The highest BCUT2D eigenvalue weighted by Gasteiger charge is 2.26. The number of nitrogens with two attached hydrogens (primary N) is 1. The number of hydrogen-bond acceptors (Lipinski definition) is 5. The molecule has 1 aliphatic heterocycles. The summed E-state index contributed by atoms with van der Waals surface area (Å²) in [7, 11) is 0. The molecule has 1 aromatic rings. The molecule has 88 valence electrons. The van der Waals surface area contributed by atoms with E-state index >= 15 is 0 Å². The molecule has 0 aromatic carbocycles. The van der Waals surface area contributed by atoms with Crippen molar-refractivity contribution in [2.24, 2.45) is 5.73 Å². The van der Waals surface area contributed by atoms with E-state index in [1.54, 1.807) is 0 Å². The maximum absolute atomic E-state index is 5.62. The minimum Gasteiger partial charge on any atom is -0.373 e. The molecule has 2 N–H and O–H groups in total. The van der Waals surface area contributed by atoms with E-state index in [1.807, 2.05) is 12.4 Å². The molecule has 2 atom stereocenters. The summed E-state index contributed by atoms with van der Waals surface area (Å²) >= 11 is 2.20. The highest BCUT2D eigenvalue weighted by molar-refractivity contribution is 14.1. The van der Waals surface area contributed by atoms with E-state index in [9.17, 15) is 0 Å². The smallest absolute Gasteiger partial charge is 0.225 e. The van der Waals surface area contributed by atoms with Crippen LogP contribution in [0.2, 0.25) is 0 Å². The minimum absolute atomic E-state index is 0.0825. The van der Waals surface area contributed by atoms with Crippen LogP contribution in [0.25, 0.3) is 0 Å². The van der Waals surface area contributed by atoms with Crippen LogP contribution >= 0.6 is 22.6 Å². The molecule has 1 aromatic heterocycles. The van der Waals surface area contributed by atoms with Crippen LogP contribution < -0.4 is 10.6 Å². The Balaban J connectivity index is 2.14. The standard InChI is InChI=1S/C10H15IN4O/c1-7-6-16-9(2-12)5-15(7)10-13-3-8(11)4-14-10/h3-4,7,9H,2,5-6,12H2,1H3. The number of halogens is 1. The van der Waals surface area contributed by atoms with Crippen LogP contribution in [0, 0.1) is 3.57 Å². The molecule has 0 spiro atoms. The van der Waals surface area contributed by atoms with Gasteiger partial charge in [0.05, 0.1) is 18.8 Å². The first-order chi connectivity index (χ1) is 7.70. The molecule has 0 amide bonds. The Hall–Kier alpha value is -0.470. The van der Waals surface area contributed by atoms with Crippen molar-refractivity contribution in [3.8, 4) is 0 Å². The number of aromatic nitrogens is 2. The molecule has 2 rings (SSSR count). The zero-order valence-corrected chi connectivity index (χ0v) is 11.3. The van der Waals surface area contributed by atoms with Gasteiger partial charge in [-0.25, -0.2) is 9.97 Å². The van der Waals surface area contributed by atoms with Crippen LogP contribution in [0.4, 0.5) is 5.95 Å². The Labute approximate surface area is 109 Å². The van der Waals surface area contributed by atoms with Gasteiger partial charge >= 0.3 is 0 Å². The van der Waals surface area contributed by atoms with E-state index < -0.39 is 0 Å². The van der Waals surface area contributed by atoms with Crippen molar-refractivity contribution in [2.45, 2.75) is 19.1 Å². The van der Waals surface area contributed by atoms with Crippen LogP contribution in [0.1, 0.15) is 6.92 Å². The lowest BCUT2D eigenvalue weighted by Crippen LogP contribution is -2.51. The van der Waals surface area contributed by atoms with Gasteiger partial charge < -0.3 is 15.4 Å². The highest BCUT2D eigenvalue weighted by atomic mass is 127. The van der Waals surface area contributed by atoms with Gasteiger partial charge in [-0.3, -0.25) is 0 Å². The molecule has 1 aliphatic rings. The number of hydrogen-bond donors (Lipinski definition) is 1. The molecule has 16 heavy (non-hydrogen) atoms. The molecular weight excluding hydrogens is 319 g/mol. The second-order valence-corrected chi connectivity index (χ2v) is 5.14. The van der Waals surface area contributed by atoms with E-state index in [2.05, 4.69) is 44.4 Å². The fourth-order valence-corrected chi connectivity index (χ4v) is 1.97. The number of anilines is 1. The largest absolute Gasteiger partial charge is 0.373 e. The Morgan fingerprint density at radius 1 is 1.56 bits per heavy atom. The van der Waals surface area contributed by atoms with Crippen LogP contribution in [-0.2, 0) is 4.74 Å². The molecule has 2 unspecified atom stereocenters. The fourth-order valence-electron chi connectivity index (χ4n) is 1.69. The SMILES string of the molecule is CC1COC(CN)CN1c1ncc(I)cn1. The summed E-state index contributed by atoms with van der Waals surface area (Å²) in [5.41, 5.74) is 5.62. The van der Waals surface area contributed by atoms with Crippen molar-refractivity contribution in [1.29, 1.82) is 0 Å². The summed E-state index contributed by atoms with van der Waals surface area (Å²) < 4.78 is 6.63. The van der Waals surface area contributed by atoms with Crippen molar-refractivity contribution in [2.75, 3.05) is 24.6 Å². The fraction of sp³-hybridized carbons (Fsp3) is 0.600. The average Bonchev–Trinajstić information content (AvgIpc) is 2.31. The van der Waals surface area contributed by atoms with E-state index in [0.29, 0.717) is 19.2 Å². The van der Waals surface area contributed by atoms with Crippen molar-refractivity contribution < 1.29 is 4.74 Å². The summed E-state index contributed by atoms with van der Waals surface area (Å²) in [5, 5.41) is 0. The van der Waals surface area contributed by atoms with Gasteiger partial charge in [-0.1, -0.05) is 0 Å². The lowest BCUT2D eigenvalue weighted by molar-refractivity contribution is 0.0276. The molecule has 5 nitrogen and oxygen atoms in total. The molecule has 0 radical (unpaired) electrons. The number of morpholine rings is 1. The number of rotatable bonds is 2. The van der Waals surface area contributed by atoms with Gasteiger partial charge in [0.25, 0.3) is 0 Å². The van der Waals surface area contributed by atoms with Crippen molar-refractivity contribution in [1.82, 2.24) is 9.97 Å². The van der Waals surface area contributed by atoms with Crippen molar-refractivity contribution in [3.63, 3.8) is 0 Å². The van der Waals surface area contributed by atoms with Crippen LogP contribution in [0.3, 0.4) is 0 Å². The van der Waals surface area contributed by atoms with Crippen LogP contribution in [0.15, 0.2) is 12.4 Å². The Kier molecular flexibility index (Phi) is 3.93. The zero-order valence-electron chi connectivity index (χ0n) is 9.14. The minimum atomic E-state index is 0.0825. The second kappa shape index (κ2) is 5.24. The van der Waals surface area contributed by atoms with Gasteiger partial charge in [-0.15, -0.1) is 0 Å². The van der Waals surface area contributed by atoms with Gasteiger partial charge in [0, 0.05) is 29.1 Å². The van der Waals surface area contributed by atoms with Crippen molar-refractivity contribution >= 4 is 28.5 Å². The van der Waals surface area contributed by atoms with E-state index in [4.69, 9.17) is 10.5 Å². The summed E-state index contributed by atoms with van der Waals surface area (Å²) in [6, 6.07) is 0.294. The predicted molar refractivity (Wildman–Crippen MR) is 70.4 cm³/mol. The van der Waals surface area contributed by atoms with Crippen molar-refractivity contribution in [3.05, 3.63) is 16.0 Å². The van der Waals surface area contributed by atoms with Gasteiger partial charge in [-0.05, 0) is 29.5 Å². The molecular formula is C10H15IN4O. The first-order valence-corrected chi connectivity index (χ1v) is 6.34. The molecule has 6 heteroatoms. The third-order valence-electron chi connectivity index (χ3n) is 2.63. The molecule has 0 saturated carbocycles. The van der Waals surface area contributed by atoms with Gasteiger partial charge in [0.2, 0.25) is 5.95 Å². The van der Waals surface area contributed by atoms with Gasteiger partial charge in [0.15, 0.2) is 0 Å². The molecule has 1 fully saturated rings. The molecule has 0 aliphatic carbocycles. The highest BCUT2D eigenvalue weighted by Crippen LogP contribution is 2.17. The van der Waals surface area contributed by atoms with Gasteiger partial charge in [0.1, 0.15) is 0 Å². The maximum Gasteiger partial charge on any atom is 0.225 e. The zero-order chi connectivity index (χ0) is 11.5. The lowest BCUT2D eigenvalue weighted by atomic mass is 10.2. The van der Waals surface area contributed by atoms with Crippen LogP contribution in [0.5, 0.6) is 0 Å². The Morgan fingerprint density at radius 2 is 2.25 bits per heavy atom. The predicted octanol–water partition coefficient (Wildman–Crippen LogP) is 0.634. The first kappa shape index (κ1) is 12.0. The van der Waals surface area contributed by atoms with Gasteiger partial charge in [-0.2, -0.15) is 0 Å².